The summed E-state index contributed by atoms with van der Waals surface area (Å²) in [6.07, 6.45) is 3.33. The second kappa shape index (κ2) is 3.63. The molecular formula is C8H12FNO. The third-order valence-corrected chi connectivity index (χ3v) is 2.34. The van der Waals surface area contributed by atoms with Crippen LogP contribution in [0.3, 0.4) is 0 Å². The zero-order valence-corrected chi connectivity index (χ0v) is 6.59. The van der Waals surface area contributed by atoms with Crippen molar-refractivity contribution in [2.75, 3.05) is 0 Å². The maximum Gasteiger partial charge on any atom is 0.235 e. The first-order chi connectivity index (χ1) is 5.25. The van der Waals surface area contributed by atoms with E-state index in [1.807, 2.05) is 0 Å². The summed E-state index contributed by atoms with van der Waals surface area (Å²) in [7, 11) is 0. The van der Waals surface area contributed by atoms with Gasteiger partial charge in [-0.2, -0.15) is 0 Å². The third kappa shape index (κ3) is 1.87. The molecule has 1 aliphatic carbocycles. The Morgan fingerprint density at radius 2 is 2.36 bits per heavy atom. The normalized spacial score (nSPS) is 32.9. The van der Waals surface area contributed by atoms with Gasteiger partial charge in [-0.25, -0.2) is 14.2 Å². The van der Waals surface area contributed by atoms with Crippen molar-refractivity contribution in [1.29, 1.82) is 0 Å². The van der Waals surface area contributed by atoms with Gasteiger partial charge in [-0.3, -0.25) is 0 Å². The predicted octanol–water partition coefficient (Wildman–Crippen LogP) is 1.85. The highest BCUT2D eigenvalue weighted by Crippen LogP contribution is 2.31. The van der Waals surface area contributed by atoms with Gasteiger partial charge in [-0.15, -0.1) is 0 Å². The van der Waals surface area contributed by atoms with Crippen LogP contribution in [0.2, 0.25) is 0 Å². The Labute approximate surface area is 65.5 Å². The smallest absolute Gasteiger partial charge is 0.235 e. The highest BCUT2D eigenvalue weighted by molar-refractivity contribution is 5.33. The Bertz CT molecular complexity index is 175. The first-order valence-corrected chi connectivity index (χ1v) is 3.96. The van der Waals surface area contributed by atoms with E-state index in [1.54, 1.807) is 0 Å². The van der Waals surface area contributed by atoms with E-state index in [1.165, 1.54) is 13.0 Å². The molecule has 1 rings (SSSR count). The number of hydrogen-bond donors (Lipinski definition) is 0. The topological polar surface area (TPSA) is 29.4 Å². The quantitative estimate of drug-likeness (QED) is 0.444. The van der Waals surface area contributed by atoms with E-state index >= 15 is 0 Å². The molecule has 1 saturated carbocycles. The standard InChI is InChI=1S/C8H12FNO/c1-6(9)7-3-2-4-8(7)10-5-11/h6-8H,2-4H2,1H3. The van der Waals surface area contributed by atoms with Gasteiger partial charge in [0.2, 0.25) is 6.08 Å². The van der Waals surface area contributed by atoms with Crippen molar-refractivity contribution >= 4 is 6.08 Å². The molecule has 11 heavy (non-hydrogen) atoms. The van der Waals surface area contributed by atoms with Gasteiger partial charge in [0.05, 0.1) is 6.04 Å². The van der Waals surface area contributed by atoms with Crippen LogP contribution in [-0.2, 0) is 4.79 Å². The maximum atomic E-state index is 12.8. The Morgan fingerprint density at radius 3 is 2.91 bits per heavy atom. The van der Waals surface area contributed by atoms with Crippen LogP contribution in [0.5, 0.6) is 0 Å². The number of carbonyl (C=O) groups excluding carboxylic acids is 1. The lowest BCUT2D eigenvalue weighted by molar-refractivity contribution is 0.236. The maximum absolute atomic E-state index is 12.8. The molecule has 0 saturated heterocycles. The van der Waals surface area contributed by atoms with Crippen molar-refractivity contribution in [2.45, 2.75) is 38.4 Å². The molecule has 1 fully saturated rings. The average molecular weight is 157 g/mol. The number of hydrogen-bond acceptors (Lipinski definition) is 2. The third-order valence-electron chi connectivity index (χ3n) is 2.34. The van der Waals surface area contributed by atoms with Gasteiger partial charge < -0.3 is 0 Å². The summed E-state index contributed by atoms with van der Waals surface area (Å²) < 4.78 is 12.8. The van der Waals surface area contributed by atoms with Crippen LogP contribution in [0.25, 0.3) is 0 Å². The molecule has 0 heterocycles. The number of aliphatic imine (C=N–C) groups is 1. The molecule has 0 N–H and O–H groups in total. The highest BCUT2D eigenvalue weighted by atomic mass is 19.1. The molecule has 0 spiro atoms. The molecule has 3 unspecified atom stereocenters. The van der Waals surface area contributed by atoms with Gasteiger partial charge >= 0.3 is 0 Å². The van der Waals surface area contributed by atoms with Crippen molar-refractivity contribution in [1.82, 2.24) is 0 Å². The monoisotopic (exact) mass is 157 g/mol. The first-order valence-electron chi connectivity index (χ1n) is 3.96. The first kappa shape index (κ1) is 8.41. The summed E-state index contributed by atoms with van der Waals surface area (Å²) in [4.78, 5) is 13.5. The number of alkyl halides is 1. The fourth-order valence-corrected chi connectivity index (χ4v) is 1.73. The van der Waals surface area contributed by atoms with Crippen molar-refractivity contribution in [3.8, 4) is 0 Å². The van der Waals surface area contributed by atoms with E-state index in [9.17, 15) is 9.18 Å². The molecule has 0 aliphatic heterocycles. The summed E-state index contributed by atoms with van der Waals surface area (Å²) in [5, 5.41) is 0. The fourth-order valence-electron chi connectivity index (χ4n) is 1.73. The summed E-state index contributed by atoms with van der Waals surface area (Å²) >= 11 is 0. The molecule has 0 aromatic heterocycles. The fraction of sp³-hybridized carbons (Fsp3) is 0.875. The lowest BCUT2D eigenvalue weighted by Crippen LogP contribution is -2.20. The molecule has 1 aliphatic rings. The van der Waals surface area contributed by atoms with Gasteiger partial charge in [0.15, 0.2) is 0 Å². The molecule has 2 nitrogen and oxygen atoms in total. The number of halogens is 1. The van der Waals surface area contributed by atoms with Crippen LogP contribution < -0.4 is 0 Å². The zero-order chi connectivity index (χ0) is 8.27. The molecule has 0 bridgehead atoms. The SMILES string of the molecule is CC(F)C1CCCC1N=C=O. The number of rotatable bonds is 2. The highest BCUT2D eigenvalue weighted by Gasteiger charge is 2.31. The van der Waals surface area contributed by atoms with Crippen LogP contribution >= 0.6 is 0 Å². The van der Waals surface area contributed by atoms with Gasteiger partial charge in [0.25, 0.3) is 0 Å². The van der Waals surface area contributed by atoms with E-state index in [4.69, 9.17) is 0 Å². The van der Waals surface area contributed by atoms with Crippen LogP contribution in [0.15, 0.2) is 4.99 Å². The van der Waals surface area contributed by atoms with Gasteiger partial charge in [0, 0.05) is 5.92 Å². The van der Waals surface area contributed by atoms with E-state index in [-0.39, 0.29) is 12.0 Å². The van der Waals surface area contributed by atoms with Crippen molar-refractivity contribution < 1.29 is 9.18 Å². The second-order valence-corrected chi connectivity index (χ2v) is 3.06. The van der Waals surface area contributed by atoms with Crippen molar-refractivity contribution in [3.63, 3.8) is 0 Å². The molecule has 3 atom stereocenters. The largest absolute Gasteiger partial charge is 0.247 e. The summed E-state index contributed by atoms with van der Waals surface area (Å²) in [5.41, 5.74) is 0. The lowest BCUT2D eigenvalue weighted by Gasteiger charge is -2.14. The molecule has 62 valence electrons. The Morgan fingerprint density at radius 1 is 1.64 bits per heavy atom. The molecular weight excluding hydrogens is 145 g/mol. The Balaban J connectivity index is 2.57. The van der Waals surface area contributed by atoms with E-state index in [2.05, 4.69) is 4.99 Å². The summed E-state index contributed by atoms with van der Waals surface area (Å²) in [6.45, 7) is 1.53. The summed E-state index contributed by atoms with van der Waals surface area (Å²) in [6, 6.07) is -0.104. The Kier molecular flexibility index (Phi) is 2.77. The van der Waals surface area contributed by atoms with E-state index < -0.39 is 6.17 Å². The molecule has 3 heteroatoms. The molecule has 0 aromatic rings. The average Bonchev–Trinajstić information content (AvgIpc) is 2.36. The minimum Gasteiger partial charge on any atom is -0.247 e. The van der Waals surface area contributed by atoms with Gasteiger partial charge in [-0.1, -0.05) is 6.42 Å². The molecule has 0 aromatic carbocycles. The van der Waals surface area contributed by atoms with Crippen LogP contribution in [0, 0.1) is 5.92 Å². The van der Waals surface area contributed by atoms with Crippen LogP contribution in [0.1, 0.15) is 26.2 Å². The van der Waals surface area contributed by atoms with E-state index in [0.29, 0.717) is 0 Å². The lowest BCUT2D eigenvalue weighted by atomic mass is 10.00. The predicted molar refractivity (Wildman–Crippen MR) is 39.8 cm³/mol. The summed E-state index contributed by atoms with van der Waals surface area (Å²) in [5.74, 6) is -0.0450. The minimum absolute atomic E-state index is 0.0450. The Hall–Kier alpha value is -0.690. The molecule has 0 radical (unpaired) electrons. The van der Waals surface area contributed by atoms with Crippen molar-refractivity contribution in [2.24, 2.45) is 10.9 Å². The van der Waals surface area contributed by atoms with E-state index in [0.717, 1.165) is 19.3 Å². The van der Waals surface area contributed by atoms with Crippen molar-refractivity contribution in [3.05, 3.63) is 0 Å². The molecule has 0 amide bonds. The number of isocyanates is 1. The van der Waals surface area contributed by atoms with Gasteiger partial charge in [0.1, 0.15) is 6.17 Å². The van der Waals surface area contributed by atoms with Crippen LogP contribution in [-0.4, -0.2) is 18.3 Å². The van der Waals surface area contributed by atoms with Crippen LogP contribution in [0.4, 0.5) is 4.39 Å². The minimum atomic E-state index is -0.848. The number of nitrogens with zero attached hydrogens (tertiary/aromatic N) is 1. The van der Waals surface area contributed by atoms with Gasteiger partial charge in [-0.05, 0) is 19.8 Å². The zero-order valence-electron chi connectivity index (χ0n) is 6.59. The second-order valence-electron chi connectivity index (χ2n) is 3.06.